The van der Waals surface area contributed by atoms with Crippen LogP contribution in [0.5, 0.6) is 0 Å². The van der Waals surface area contributed by atoms with Crippen molar-refractivity contribution in [1.82, 2.24) is 4.90 Å². The van der Waals surface area contributed by atoms with Gasteiger partial charge in [-0.1, -0.05) is 18.2 Å². The first kappa shape index (κ1) is 10.7. The van der Waals surface area contributed by atoms with Gasteiger partial charge in [-0.2, -0.15) is 0 Å². The zero-order chi connectivity index (χ0) is 12.2. The maximum absolute atomic E-state index is 11.8. The van der Waals surface area contributed by atoms with Crippen LogP contribution in [0.3, 0.4) is 0 Å². The average Bonchev–Trinajstić information content (AvgIpc) is 2.62. The molecule has 4 nitrogen and oxygen atoms in total. The van der Waals surface area contributed by atoms with E-state index >= 15 is 0 Å². The molecule has 0 aliphatic carbocycles. The van der Waals surface area contributed by atoms with Crippen LogP contribution in [0.4, 0.5) is 0 Å². The van der Waals surface area contributed by atoms with E-state index in [9.17, 15) is 9.90 Å². The van der Waals surface area contributed by atoms with Gasteiger partial charge in [0.15, 0.2) is 0 Å². The zero-order valence-corrected chi connectivity index (χ0v) is 9.63. The van der Waals surface area contributed by atoms with Crippen molar-refractivity contribution in [1.29, 1.82) is 0 Å². The summed E-state index contributed by atoms with van der Waals surface area (Å²) in [5.74, 6) is -0.261. The first-order valence-corrected chi connectivity index (χ1v) is 5.84. The molecule has 1 aromatic carbocycles. The number of hydrogen-bond donors (Lipinski definition) is 2. The number of fused-ring (bicyclic) bond motifs is 3. The Hall–Kier alpha value is -1.39. The van der Waals surface area contributed by atoms with E-state index in [4.69, 9.17) is 5.11 Å². The van der Waals surface area contributed by atoms with Crippen molar-refractivity contribution in [3.05, 3.63) is 34.9 Å². The van der Waals surface area contributed by atoms with Gasteiger partial charge in [0.2, 0.25) is 5.91 Å². The minimum Gasteiger partial charge on any atom is -0.392 e. The van der Waals surface area contributed by atoms with Crippen LogP contribution in [0.2, 0.25) is 0 Å². The molecule has 2 heterocycles. The van der Waals surface area contributed by atoms with Crippen molar-refractivity contribution in [2.45, 2.75) is 32.2 Å². The molecule has 0 saturated carbocycles. The van der Waals surface area contributed by atoms with Gasteiger partial charge in [-0.3, -0.25) is 4.79 Å². The van der Waals surface area contributed by atoms with Gasteiger partial charge in [0, 0.05) is 6.54 Å². The second-order valence-electron chi connectivity index (χ2n) is 4.87. The number of carbonyl (C=O) groups is 1. The van der Waals surface area contributed by atoms with Crippen LogP contribution in [-0.2, 0) is 17.9 Å². The normalized spacial score (nSPS) is 27.5. The molecule has 1 amide bonds. The van der Waals surface area contributed by atoms with Gasteiger partial charge in [-0.05, 0) is 23.6 Å². The molecule has 90 valence electrons. The first-order chi connectivity index (χ1) is 8.13. The smallest absolute Gasteiger partial charge is 0.231 e. The number of aliphatic hydroxyl groups is 2. The Morgan fingerprint density at radius 1 is 1.53 bits per heavy atom. The largest absolute Gasteiger partial charge is 0.392 e. The fraction of sp³-hybridized carbons (Fsp3) is 0.462. The quantitative estimate of drug-likeness (QED) is 0.734. The highest BCUT2D eigenvalue weighted by Crippen LogP contribution is 2.49. The van der Waals surface area contributed by atoms with E-state index in [1.54, 1.807) is 11.8 Å². The van der Waals surface area contributed by atoms with Crippen LogP contribution in [0, 0.1) is 5.92 Å². The molecule has 3 rings (SSSR count). The van der Waals surface area contributed by atoms with Crippen LogP contribution < -0.4 is 0 Å². The molecular formula is C13H15NO3. The lowest BCUT2D eigenvalue weighted by molar-refractivity contribution is -0.163. The van der Waals surface area contributed by atoms with Gasteiger partial charge in [0.1, 0.15) is 0 Å². The minimum atomic E-state index is -0.604. The molecule has 2 aliphatic rings. The van der Waals surface area contributed by atoms with Crippen LogP contribution >= 0.6 is 0 Å². The standard InChI is InChI=1S/C13H15NO3/c1-7(16)11-12-10-3-2-8(6-15)4-9(10)5-14(12)13(11)17/h2-4,7,11-12,15-16H,5-6H2,1H3/t7-,11-,12-/m1/s1. The number of amides is 1. The summed E-state index contributed by atoms with van der Waals surface area (Å²) in [6.07, 6.45) is -0.604. The van der Waals surface area contributed by atoms with Gasteiger partial charge < -0.3 is 15.1 Å². The number of rotatable bonds is 2. The lowest BCUT2D eigenvalue weighted by atomic mass is 9.81. The fourth-order valence-electron chi connectivity index (χ4n) is 2.95. The molecule has 0 aromatic heterocycles. The monoisotopic (exact) mass is 233 g/mol. The summed E-state index contributed by atoms with van der Waals surface area (Å²) in [6.45, 7) is 2.29. The van der Waals surface area contributed by atoms with E-state index < -0.39 is 6.10 Å². The molecule has 2 aliphatic heterocycles. The highest BCUT2D eigenvalue weighted by atomic mass is 16.3. The summed E-state index contributed by atoms with van der Waals surface area (Å²) in [4.78, 5) is 13.6. The summed E-state index contributed by atoms with van der Waals surface area (Å²) in [5, 5.41) is 18.7. The predicted molar refractivity (Wildman–Crippen MR) is 60.8 cm³/mol. The van der Waals surface area contributed by atoms with Crippen molar-refractivity contribution < 1.29 is 15.0 Å². The predicted octanol–water partition coefficient (Wildman–Crippen LogP) is 0.573. The third-order valence-corrected chi connectivity index (χ3v) is 3.81. The highest BCUT2D eigenvalue weighted by molar-refractivity contribution is 5.88. The lowest BCUT2D eigenvalue weighted by Crippen LogP contribution is -2.55. The maximum atomic E-state index is 11.8. The van der Waals surface area contributed by atoms with E-state index in [1.807, 2.05) is 18.2 Å². The average molecular weight is 233 g/mol. The van der Waals surface area contributed by atoms with Gasteiger partial charge in [0.25, 0.3) is 0 Å². The third-order valence-electron chi connectivity index (χ3n) is 3.81. The number of nitrogens with zero attached hydrogens (tertiary/aromatic N) is 1. The molecule has 0 bridgehead atoms. The number of carbonyl (C=O) groups excluding carboxylic acids is 1. The molecule has 4 heteroatoms. The molecule has 0 radical (unpaired) electrons. The zero-order valence-electron chi connectivity index (χ0n) is 9.63. The van der Waals surface area contributed by atoms with E-state index in [1.165, 1.54) is 0 Å². The van der Waals surface area contributed by atoms with Gasteiger partial charge in [0.05, 0.1) is 24.7 Å². The van der Waals surface area contributed by atoms with E-state index in [0.717, 1.165) is 16.7 Å². The Bertz CT molecular complexity index is 484. The highest BCUT2D eigenvalue weighted by Gasteiger charge is 2.53. The molecule has 1 aromatic rings. The number of benzene rings is 1. The SMILES string of the molecule is C[C@@H](O)[C@H]1C(=O)N2Cc3cc(CO)ccc3[C@H]12. The number of aliphatic hydroxyl groups excluding tert-OH is 2. The van der Waals surface area contributed by atoms with E-state index in [-0.39, 0.29) is 24.5 Å². The topological polar surface area (TPSA) is 60.8 Å². The third kappa shape index (κ3) is 1.34. The molecule has 1 saturated heterocycles. The van der Waals surface area contributed by atoms with Crippen molar-refractivity contribution in [2.24, 2.45) is 5.92 Å². The Morgan fingerprint density at radius 2 is 2.29 bits per heavy atom. The maximum Gasteiger partial charge on any atom is 0.231 e. The second-order valence-corrected chi connectivity index (χ2v) is 4.87. The fourth-order valence-corrected chi connectivity index (χ4v) is 2.95. The summed E-state index contributed by atoms with van der Waals surface area (Å²) in [7, 11) is 0. The lowest BCUT2D eigenvalue weighted by Gasteiger charge is -2.44. The van der Waals surface area contributed by atoms with Crippen molar-refractivity contribution in [3.63, 3.8) is 0 Å². The van der Waals surface area contributed by atoms with Gasteiger partial charge >= 0.3 is 0 Å². The van der Waals surface area contributed by atoms with Crippen molar-refractivity contribution >= 4 is 5.91 Å². The molecule has 2 N–H and O–H groups in total. The van der Waals surface area contributed by atoms with Crippen molar-refractivity contribution in [3.8, 4) is 0 Å². The molecular weight excluding hydrogens is 218 g/mol. The Labute approximate surface area is 99.5 Å². The Balaban J connectivity index is 1.98. The van der Waals surface area contributed by atoms with Crippen LogP contribution in [-0.4, -0.2) is 27.1 Å². The number of β-lactam (4-membered cyclic amide) rings is 1. The second kappa shape index (κ2) is 3.55. The summed E-state index contributed by atoms with van der Waals surface area (Å²) < 4.78 is 0. The molecule has 0 spiro atoms. The molecule has 3 atom stereocenters. The van der Waals surface area contributed by atoms with Crippen LogP contribution in [0.25, 0.3) is 0 Å². The number of hydrogen-bond acceptors (Lipinski definition) is 3. The summed E-state index contributed by atoms with van der Waals surface area (Å²) in [6, 6.07) is 5.82. The summed E-state index contributed by atoms with van der Waals surface area (Å²) >= 11 is 0. The Morgan fingerprint density at radius 3 is 2.94 bits per heavy atom. The minimum absolute atomic E-state index is 0.0196. The first-order valence-electron chi connectivity index (χ1n) is 5.84. The molecule has 17 heavy (non-hydrogen) atoms. The Kier molecular flexibility index (Phi) is 2.24. The molecule has 0 unspecified atom stereocenters. The van der Waals surface area contributed by atoms with Crippen LogP contribution in [0.1, 0.15) is 29.7 Å². The molecule has 1 fully saturated rings. The van der Waals surface area contributed by atoms with Gasteiger partial charge in [-0.25, -0.2) is 0 Å². The van der Waals surface area contributed by atoms with Crippen molar-refractivity contribution in [2.75, 3.05) is 0 Å². The van der Waals surface area contributed by atoms with E-state index in [0.29, 0.717) is 6.54 Å². The van der Waals surface area contributed by atoms with E-state index in [2.05, 4.69) is 0 Å². The van der Waals surface area contributed by atoms with Gasteiger partial charge in [-0.15, -0.1) is 0 Å². The van der Waals surface area contributed by atoms with Crippen LogP contribution in [0.15, 0.2) is 18.2 Å². The summed E-state index contributed by atoms with van der Waals surface area (Å²) in [5.41, 5.74) is 3.08.